The Kier molecular flexibility index (Phi) is 15.3. The summed E-state index contributed by atoms with van der Waals surface area (Å²) in [6, 6.07) is 0. The summed E-state index contributed by atoms with van der Waals surface area (Å²) in [5, 5.41) is 0. The highest BCUT2D eigenvalue weighted by molar-refractivity contribution is 5.66. The maximum Gasteiger partial charge on any atom is 0.302 e. The van der Waals surface area contributed by atoms with E-state index in [4.69, 9.17) is 0 Å². The Morgan fingerprint density at radius 2 is 1.33 bits per heavy atom. The van der Waals surface area contributed by atoms with Gasteiger partial charge in [0.05, 0.1) is 6.10 Å². The summed E-state index contributed by atoms with van der Waals surface area (Å²) in [6.07, 6.45) is 0.0255. The summed E-state index contributed by atoms with van der Waals surface area (Å²) in [7, 11) is 0. The van der Waals surface area contributed by atoms with E-state index in [0.717, 1.165) is 5.92 Å². The number of hydrogen-bond acceptors (Lipinski definition) is 2. The van der Waals surface area contributed by atoms with Crippen LogP contribution in [0.15, 0.2) is 0 Å². The quantitative estimate of drug-likeness (QED) is 0.573. The Bertz CT molecular complexity index is 93.3. The second-order valence-corrected chi connectivity index (χ2v) is 3.39. The van der Waals surface area contributed by atoms with Gasteiger partial charge in [-0.15, -0.1) is 0 Å². The molecular weight excluding hydrogens is 152 g/mol. The zero-order chi connectivity index (χ0) is 9.44. The van der Waals surface area contributed by atoms with Crippen molar-refractivity contribution in [2.45, 2.75) is 55.1 Å². The number of ether oxygens (including phenoxy) is 1. The Balaban J connectivity index is -0.000000142. The topological polar surface area (TPSA) is 26.3 Å². The van der Waals surface area contributed by atoms with Crippen molar-refractivity contribution < 1.29 is 9.53 Å². The summed E-state index contributed by atoms with van der Waals surface area (Å²) >= 11 is 0. The van der Waals surface area contributed by atoms with E-state index in [0.29, 0.717) is 0 Å². The average Bonchev–Trinajstić information content (AvgIpc) is 1.56. The molecule has 76 valence electrons. The van der Waals surface area contributed by atoms with E-state index < -0.39 is 0 Å². The van der Waals surface area contributed by atoms with E-state index in [2.05, 4.69) is 25.5 Å². The fourth-order valence-electron chi connectivity index (χ4n) is 0.332. The van der Waals surface area contributed by atoms with Gasteiger partial charge in [-0.3, -0.25) is 4.79 Å². The van der Waals surface area contributed by atoms with Crippen molar-refractivity contribution >= 4 is 5.97 Å². The summed E-state index contributed by atoms with van der Waals surface area (Å²) in [6.45, 7) is 11.5. The predicted octanol–water partition coefficient (Wildman–Crippen LogP) is 3.26. The maximum atomic E-state index is 10.0. The van der Waals surface area contributed by atoms with Crippen LogP contribution < -0.4 is 0 Å². The Morgan fingerprint density at radius 3 is 1.33 bits per heavy atom. The Hall–Kier alpha value is -0.530. The van der Waals surface area contributed by atoms with Crippen molar-refractivity contribution in [1.82, 2.24) is 0 Å². The monoisotopic (exact) mass is 176 g/mol. The van der Waals surface area contributed by atoms with Gasteiger partial charge in [-0.05, 0) is 19.8 Å². The molecule has 0 rings (SSSR count). The van der Waals surface area contributed by atoms with E-state index in [-0.39, 0.29) is 19.5 Å². The fraction of sp³-hybridized carbons (Fsp3) is 0.900. The second-order valence-electron chi connectivity index (χ2n) is 3.39. The van der Waals surface area contributed by atoms with Crippen LogP contribution in [0, 0.1) is 5.92 Å². The van der Waals surface area contributed by atoms with E-state index in [9.17, 15) is 4.79 Å². The molecule has 0 heterocycles. The molecule has 0 saturated carbocycles. The van der Waals surface area contributed by atoms with Gasteiger partial charge in [0.15, 0.2) is 0 Å². The van der Waals surface area contributed by atoms with Crippen molar-refractivity contribution in [2.75, 3.05) is 0 Å². The molecule has 0 radical (unpaired) electrons. The summed E-state index contributed by atoms with van der Waals surface area (Å²) in [5.74, 6) is 0.620. The van der Waals surface area contributed by atoms with Gasteiger partial charge in [-0.1, -0.05) is 28.2 Å². The molecule has 2 heteroatoms. The van der Waals surface area contributed by atoms with Gasteiger partial charge >= 0.3 is 5.97 Å². The Morgan fingerprint density at radius 1 is 1.08 bits per heavy atom. The number of esters is 1. The van der Waals surface area contributed by atoms with Crippen LogP contribution in [0.2, 0.25) is 0 Å². The highest BCUT2D eigenvalue weighted by Crippen LogP contribution is 1.85. The number of carbonyl (C=O) groups is 1. The molecule has 0 spiro atoms. The summed E-state index contributed by atoms with van der Waals surface area (Å²) in [4.78, 5) is 10.0. The number of rotatable bonds is 1. The van der Waals surface area contributed by atoms with Gasteiger partial charge in [0.1, 0.15) is 0 Å². The van der Waals surface area contributed by atoms with Crippen LogP contribution in [0.4, 0.5) is 0 Å². The van der Waals surface area contributed by atoms with Gasteiger partial charge in [0.25, 0.3) is 0 Å². The molecular formula is C10H24O2. The van der Waals surface area contributed by atoms with Gasteiger partial charge in [0, 0.05) is 6.92 Å². The number of hydrogen-bond donors (Lipinski definition) is 0. The Labute approximate surface area is 77.3 Å². The van der Waals surface area contributed by atoms with E-state index in [1.54, 1.807) is 0 Å². The molecule has 0 saturated heterocycles. The normalized spacial score (nSPS) is 8.33. The van der Waals surface area contributed by atoms with Crippen LogP contribution in [-0.4, -0.2) is 12.1 Å². The smallest absolute Gasteiger partial charge is 0.302 e. The molecule has 0 fully saturated rings. The lowest BCUT2D eigenvalue weighted by Crippen LogP contribution is -2.06. The van der Waals surface area contributed by atoms with Gasteiger partial charge in [-0.25, -0.2) is 0 Å². The van der Waals surface area contributed by atoms with Crippen molar-refractivity contribution in [3.63, 3.8) is 0 Å². The molecule has 0 unspecified atom stereocenters. The molecule has 0 aliphatic carbocycles. The number of carbonyl (C=O) groups excluding carboxylic acids is 1. The molecule has 0 aliphatic heterocycles. The van der Waals surface area contributed by atoms with Crippen molar-refractivity contribution in [3.8, 4) is 0 Å². The van der Waals surface area contributed by atoms with Crippen molar-refractivity contribution in [2.24, 2.45) is 5.92 Å². The average molecular weight is 176 g/mol. The van der Waals surface area contributed by atoms with E-state index in [1.807, 2.05) is 13.8 Å². The molecule has 0 aromatic heterocycles. The first-order valence-electron chi connectivity index (χ1n) is 4.03. The minimum atomic E-state index is -0.213. The van der Waals surface area contributed by atoms with Crippen LogP contribution in [0.5, 0.6) is 0 Å². The molecule has 0 atom stereocenters. The van der Waals surface area contributed by atoms with Gasteiger partial charge < -0.3 is 4.74 Å². The lowest BCUT2D eigenvalue weighted by Gasteiger charge is -2.01. The molecule has 12 heavy (non-hydrogen) atoms. The van der Waals surface area contributed by atoms with Crippen LogP contribution in [0.1, 0.15) is 49.0 Å². The standard InChI is InChI=1S/C5H10O2.C4H10.CH4/c1-4(2)7-5(3)6;1-4(2)3;/h4H,1-3H3;4H,1-3H3;1H4. The van der Waals surface area contributed by atoms with Crippen LogP contribution in [0.25, 0.3) is 0 Å². The minimum absolute atomic E-state index is 0. The first-order valence-corrected chi connectivity index (χ1v) is 4.03. The third-order valence-electron chi connectivity index (χ3n) is 0.402. The molecule has 2 nitrogen and oxygen atoms in total. The third kappa shape index (κ3) is 56.4. The largest absolute Gasteiger partial charge is 0.463 e. The summed E-state index contributed by atoms with van der Waals surface area (Å²) in [5.41, 5.74) is 0. The zero-order valence-electron chi connectivity index (χ0n) is 8.47. The zero-order valence-corrected chi connectivity index (χ0v) is 8.47. The molecule has 0 aromatic carbocycles. The van der Waals surface area contributed by atoms with Gasteiger partial charge in [0.2, 0.25) is 0 Å². The van der Waals surface area contributed by atoms with E-state index in [1.165, 1.54) is 6.92 Å². The first-order chi connectivity index (χ1) is 4.86. The highest BCUT2D eigenvalue weighted by atomic mass is 16.5. The van der Waals surface area contributed by atoms with Crippen molar-refractivity contribution in [3.05, 3.63) is 0 Å². The van der Waals surface area contributed by atoms with Crippen LogP contribution >= 0.6 is 0 Å². The highest BCUT2D eigenvalue weighted by Gasteiger charge is 1.93. The lowest BCUT2D eigenvalue weighted by molar-refractivity contribution is -0.144. The van der Waals surface area contributed by atoms with Crippen LogP contribution in [0.3, 0.4) is 0 Å². The first kappa shape index (κ1) is 17.5. The van der Waals surface area contributed by atoms with E-state index >= 15 is 0 Å². The summed E-state index contributed by atoms with van der Waals surface area (Å²) < 4.78 is 4.61. The maximum absolute atomic E-state index is 10.0. The molecule has 0 N–H and O–H groups in total. The third-order valence-corrected chi connectivity index (χ3v) is 0.402. The molecule has 0 aliphatic rings. The molecule has 0 aromatic rings. The van der Waals surface area contributed by atoms with Crippen LogP contribution in [-0.2, 0) is 9.53 Å². The van der Waals surface area contributed by atoms with Gasteiger partial charge in [-0.2, -0.15) is 0 Å². The second kappa shape index (κ2) is 10.5. The molecule has 0 amide bonds. The predicted molar refractivity (Wildman–Crippen MR) is 54.1 cm³/mol. The SMILES string of the molecule is C.CC(=O)OC(C)C.CC(C)C. The fourth-order valence-corrected chi connectivity index (χ4v) is 0.332. The lowest BCUT2D eigenvalue weighted by atomic mass is 10.3. The minimum Gasteiger partial charge on any atom is -0.463 e. The van der Waals surface area contributed by atoms with Crippen molar-refractivity contribution in [1.29, 1.82) is 0 Å². The molecule has 0 bridgehead atoms.